The summed E-state index contributed by atoms with van der Waals surface area (Å²) in [6.07, 6.45) is 0. The van der Waals surface area contributed by atoms with Crippen LogP contribution in [0.15, 0.2) is 29.3 Å². The average molecular weight is 418 g/mol. The molecule has 156 valence electrons. The van der Waals surface area contributed by atoms with Crippen molar-refractivity contribution in [3.8, 4) is 0 Å². The highest BCUT2D eigenvalue weighted by Gasteiger charge is 2.16. The Hall–Kier alpha value is -2.23. The van der Waals surface area contributed by atoms with Gasteiger partial charge in [0.05, 0.1) is 31.0 Å². The van der Waals surface area contributed by atoms with Gasteiger partial charge in [-0.15, -0.1) is 0 Å². The maximum Gasteiger partial charge on any atom is 0.321 e. The van der Waals surface area contributed by atoms with Crippen molar-refractivity contribution in [2.24, 2.45) is 5.92 Å². The number of aromatic nitrogens is 2. The van der Waals surface area contributed by atoms with Crippen molar-refractivity contribution in [1.82, 2.24) is 25.5 Å². The number of para-hydroxylation sites is 1. The lowest BCUT2D eigenvalue weighted by Crippen LogP contribution is -2.41. The summed E-state index contributed by atoms with van der Waals surface area (Å²) in [6, 6.07) is 7.29. The minimum absolute atomic E-state index is 0.104. The average Bonchev–Trinajstić information content (AvgIpc) is 2.71. The van der Waals surface area contributed by atoms with Crippen molar-refractivity contribution in [3.05, 3.63) is 30.1 Å². The van der Waals surface area contributed by atoms with Gasteiger partial charge >= 0.3 is 6.03 Å². The molecule has 0 unspecified atom stereocenters. The first kappa shape index (κ1) is 21.5. The van der Waals surface area contributed by atoms with E-state index in [4.69, 9.17) is 9.72 Å². The van der Waals surface area contributed by atoms with Gasteiger partial charge in [0.15, 0.2) is 0 Å². The predicted octanol–water partition coefficient (Wildman–Crippen LogP) is 2.04. The van der Waals surface area contributed by atoms with Crippen molar-refractivity contribution in [3.63, 3.8) is 0 Å². The number of ether oxygens (including phenoxy) is 1. The van der Waals surface area contributed by atoms with Crippen LogP contribution in [0.2, 0.25) is 0 Å². The summed E-state index contributed by atoms with van der Waals surface area (Å²) in [5.74, 6) is 0.798. The molecule has 8 nitrogen and oxygen atoms in total. The number of thioether (sulfide) groups is 1. The Bertz CT molecular complexity index is 855. The number of hydrogen-bond acceptors (Lipinski definition) is 7. The number of carbonyl (C=O) groups is 2. The number of urea groups is 1. The van der Waals surface area contributed by atoms with Gasteiger partial charge in [-0.2, -0.15) is 0 Å². The monoisotopic (exact) mass is 417 g/mol. The Balaban J connectivity index is 1.65. The summed E-state index contributed by atoms with van der Waals surface area (Å²) in [6.45, 7) is 8.29. The van der Waals surface area contributed by atoms with Crippen molar-refractivity contribution in [2.45, 2.75) is 25.4 Å². The van der Waals surface area contributed by atoms with Gasteiger partial charge in [0, 0.05) is 25.0 Å². The molecule has 1 fully saturated rings. The lowest BCUT2D eigenvalue weighted by Gasteiger charge is -2.25. The number of imide groups is 1. The van der Waals surface area contributed by atoms with Gasteiger partial charge in [-0.05, 0) is 12.0 Å². The lowest BCUT2D eigenvalue weighted by atomic mass is 10.2. The molecule has 3 amide bonds. The third kappa shape index (κ3) is 6.66. The number of nitrogens with zero attached hydrogens (tertiary/aromatic N) is 3. The quantitative estimate of drug-likeness (QED) is 0.526. The van der Waals surface area contributed by atoms with Gasteiger partial charge < -0.3 is 10.1 Å². The molecule has 9 heteroatoms. The van der Waals surface area contributed by atoms with Gasteiger partial charge in [0.25, 0.3) is 0 Å². The van der Waals surface area contributed by atoms with E-state index in [-0.39, 0.29) is 11.7 Å². The van der Waals surface area contributed by atoms with Crippen LogP contribution in [0.25, 0.3) is 10.9 Å². The summed E-state index contributed by atoms with van der Waals surface area (Å²) in [7, 11) is 0. The molecule has 0 spiro atoms. The molecule has 1 aromatic heterocycles. The number of fused-ring (bicyclic) bond motifs is 1. The van der Waals surface area contributed by atoms with Crippen molar-refractivity contribution >= 4 is 34.6 Å². The first-order valence-corrected chi connectivity index (χ1v) is 10.8. The Morgan fingerprint density at radius 1 is 1.21 bits per heavy atom. The van der Waals surface area contributed by atoms with E-state index < -0.39 is 6.03 Å². The second-order valence-electron chi connectivity index (χ2n) is 7.29. The van der Waals surface area contributed by atoms with E-state index in [2.05, 4.69) is 20.5 Å². The first-order valence-electron chi connectivity index (χ1n) is 9.77. The predicted molar refractivity (Wildman–Crippen MR) is 113 cm³/mol. The minimum atomic E-state index is -0.468. The van der Waals surface area contributed by atoms with Gasteiger partial charge in [0.1, 0.15) is 10.9 Å². The number of benzene rings is 1. The molecule has 0 aliphatic carbocycles. The van der Waals surface area contributed by atoms with E-state index >= 15 is 0 Å². The fraction of sp³-hybridized carbons (Fsp3) is 0.500. The molecule has 1 saturated heterocycles. The highest BCUT2D eigenvalue weighted by atomic mass is 32.2. The third-order valence-corrected chi connectivity index (χ3v) is 5.34. The Morgan fingerprint density at radius 3 is 2.72 bits per heavy atom. The second kappa shape index (κ2) is 10.5. The molecule has 0 atom stereocenters. The number of amides is 3. The van der Waals surface area contributed by atoms with E-state index in [1.807, 2.05) is 38.1 Å². The van der Waals surface area contributed by atoms with Crippen LogP contribution >= 0.6 is 11.8 Å². The molecule has 1 aromatic carbocycles. The number of rotatable bonds is 7. The Morgan fingerprint density at radius 2 is 1.97 bits per heavy atom. The van der Waals surface area contributed by atoms with Crippen LogP contribution < -0.4 is 10.6 Å². The summed E-state index contributed by atoms with van der Waals surface area (Å²) < 4.78 is 5.39. The number of carbonyl (C=O) groups excluding carboxylic acids is 2. The molecule has 1 aliphatic rings. The molecule has 0 bridgehead atoms. The molecular formula is C20H27N5O3S. The SMILES string of the molecule is CC(C)CNC(=O)NC(=O)CSc1nc(CN2CCOCC2)nc2ccccc12. The summed E-state index contributed by atoms with van der Waals surface area (Å²) >= 11 is 1.31. The summed E-state index contributed by atoms with van der Waals surface area (Å²) in [5.41, 5.74) is 0.850. The minimum Gasteiger partial charge on any atom is -0.379 e. The first-order chi connectivity index (χ1) is 14.0. The summed E-state index contributed by atoms with van der Waals surface area (Å²) in [4.78, 5) is 35.5. The van der Waals surface area contributed by atoms with Crippen LogP contribution in [0.4, 0.5) is 4.79 Å². The lowest BCUT2D eigenvalue weighted by molar-refractivity contribution is -0.117. The Kier molecular flexibility index (Phi) is 7.79. The highest BCUT2D eigenvalue weighted by molar-refractivity contribution is 8.00. The maximum atomic E-state index is 12.2. The zero-order chi connectivity index (χ0) is 20.6. The van der Waals surface area contributed by atoms with E-state index in [1.54, 1.807) is 0 Å². The van der Waals surface area contributed by atoms with Gasteiger partial charge in [-0.1, -0.05) is 43.8 Å². The van der Waals surface area contributed by atoms with Crippen LogP contribution in [0, 0.1) is 5.92 Å². The normalized spacial score (nSPS) is 14.9. The van der Waals surface area contributed by atoms with Crippen LogP contribution in [0.5, 0.6) is 0 Å². The fourth-order valence-electron chi connectivity index (χ4n) is 2.87. The largest absolute Gasteiger partial charge is 0.379 e. The smallest absolute Gasteiger partial charge is 0.321 e. The molecular weight excluding hydrogens is 390 g/mol. The van der Waals surface area contributed by atoms with Crippen LogP contribution in [0.3, 0.4) is 0 Å². The molecule has 0 radical (unpaired) electrons. The number of hydrogen-bond donors (Lipinski definition) is 2. The standard InChI is InChI=1S/C20H27N5O3S/c1-14(2)11-21-20(27)24-18(26)13-29-19-15-5-3-4-6-16(15)22-17(23-19)12-25-7-9-28-10-8-25/h3-6,14H,7-13H2,1-2H3,(H2,21,24,26,27). The van der Waals surface area contributed by atoms with Gasteiger partial charge in [-0.3, -0.25) is 15.0 Å². The van der Waals surface area contributed by atoms with E-state index in [0.717, 1.165) is 34.8 Å². The van der Waals surface area contributed by atoms with Crippen molar-refractivity contribution in [2.75, 3.05) is 38.6 Å². The summed E-state index contributed by atoms with van der Waals surface area (Å²) in [5, 5.41) is 6.68. The highest BCUT2D eigenvalue weighted by Crippen LogP contribution is 2.25. The van der Waals surface area contributed by atoms with E-state index in [1.165, 1.54) is 11.8 Å². The van der Waals surface area contributed by atoms with Crippen LogP contribution in [-0.4, -0.2) is 65.4 Å². The Labute approximate surface area is 174 Å². The molecule has 1 aliphatic heterocycles. The van der Waals surface area contributed by atoms with Crippen LogP contribution in [0.1, 0.15) is 19.7 Å². The van der Waals surface area contributed by atoms with Gasteiger partial charge in [-0.25, -0.2) is 14.8 Å². The molecule has 3 rings (SSSR count). The van der Waals surface area contributed by atoms with E-state index in [9.17, 15) is 9.59 Å². The molecule has 2 N–H and O–H groups in total. The number of morpholine rings is 1. The maximum absolute atomic E-state index is 12.2. The van der Waals surface area contributed by atoms with Crippen molar-refractivity contribution in [1.29, 1.82) is 0 Å². The van der Waals surface area contributed by atoms with Crippen molar-refractivity contribution < 1.29 is 14.3 Å². The zero-order valence-corrected chi connectivity index (χ0v) is 17.6. The molecule has 0 saturated carbocycles. The van der Waals surface area contributed by atoms with Gasteiger partial charge in [0.2, 0.25) is 5.91 Å². The zero-order valence-electron chi connectivity index (χ0n) is 16.8. The number of nitrogens with one attached hydrogen (secondary N) is 2. The topological polar surface area (TPSA) is 96.5 Å². The second-order valence-corrected chi connectivity index (χ2v) is 8.26. The fourth-order valence-corrected chi connectivity index (χ4v) is 3.71. The van der Waals surface area contributed by atoms with Crippen LogP contribution in [-0.2, 0) is 16.1 Å². The molecule has 2 heterocycles. The third-order valence-electron chi connectivity index (χ3n) is 4.35. The van der Waals surface area contributed by atoms with E-state index in [0.29, 0.717) is 32.2 Å². The molecule has 29 heavy (non-hydrogen) atoms. The molecule has 2 aromatic rings.